The number of hydrogen-bond donors (Lipinski definition) is 2. The largest absolute Gasteiger partial charge is 0.356 e. The fourth-order valence-electron chi connectivity index (χ4n) is 2.54. The Labute approximate surface area is 126 Å². The summed E-state index contributed by atoms with van der Waals surface area (Å²) in [6.45, 7) is 4.21. The normalized spacial score (nSPS) is 11.6. The van der Waals surface area contributed by atoms with Crippen molar-refractivity contribution in [2.75, 3.05) is 5.32 Å². The van der Waals surface area contributed by atoms with Gasteiger partial charge in [-0.15, -0.1) is 0 Å². The molecule has 0 fully saturated rings. The molecule has 0 saturated carbocycles. The van der Waals surface area contributed by atoms with Crippen LogP contribution in [0.3, 0.4) is 0 Å². The number of rotatable bonds is 3. The van der Waals surface area contributed by atoms with Gasteiger partial charge in [0.15, 0.2) is 17.0 Å². The monoisotopic (exact) mass is 293 g/mol. The molecular weight excluding hydrogens is 278 g/mol. The first kappa shape index (κ1) is 12.8. The predicted octanol–water partition coefficient (Wildman–Crippen LogP) is 3.97. The van der Waals surface area contributed by atoms with E-state index in [0.29, 0.717) is 5.92 Å². The van der Waals surface area contributed by atoms with Crippen LogP contribution in [0.4, 0.5) is 11.5 Å². The van der Waals surface area contributed by atoms with Crippen LogP contribution in [0.15, 0.2) is 41.1 Å². The van der Waals surface area contributed by atoms with Gasteiger partial charge in [0.1, 0.15) is 0 Å². The molecule has 0 aliphatic carbocycles. The standard InChI is InChI=1S/C16H15N5O/c1-9(2)14-11-6-5-10(8-13(11)22-21-14)18-16-12-4-3-7-17-15(12)19-20-16/h3-9H,1-2H3,(H2,17,18,19,20). The number of pyridine rings is 1. The lowest BCUT2D eigenvalue weighted by Crippen LogP contribution is -1.91. The summed E-state index contributed by atoms with van der Waals surface area (Å²) in [4.78, 5) is 4.23. The summed E-state index contributed by atoms with van der Waals surface area (Å²) in [5.41, 5.74) is 3.41. The van der Waals surface area contributed by atoms with Gasteiger partial charge in [0.2, 0.25) is 0 Å². The first-order valence-electron chi connectivity index (χ1n) is 7.18. The smallest absolute Gasteiger partial charge is 0.169 e. The molecule has 3 heterocycles. The summed E-state index contributed by atoms with van der Waals surface area (Å²) in [6.07, 6.45) is 1.73. The number of anilines is 2. The molecule has 3 aromatic heterocycles. The Bertz CT molecular complexity index is 953. The van der Waals surface area contributed by atoms with E-state index in [0.717, 1.165) is 39.2 Å². The molecule has 0 amide bonds. The van der Waals surface area contributed by atoms with Crippen LogP contribution < -0.4 is 5.32 Å². The molecular formula is C16H15N5O. The van der Waals surface area contributed by atoms with Gasteiger partial charge in [-0.3, -0.25) is 5.10 Å². The lowest BCUT2D eigenvalue weighted by Gasteiger charge is -2.03. The topological polar surface area (TPSA) is 79.6 Å². The maximum atomic E-state index is 5.43. The van der Waals surface area contributed by atoms with Crippen LogP contribution in [0.2, 0.25) is 0 Å². The van der Waals surface area contributed by atoms with Crippen molar-refractivity contribution in [1.29, 1.82) is 0 Å². The molecule has 0 aliphatic heterocycles. The van der Waals surface area contributed by atoms with Crippen LogP contribution in [0, 0.1) is 0 Å². The lowest BCUT2D eigenvalue weighted by molar-refractivity contribution is 0.441. The Hall–Kier alpha value is -2.89. The van der Waals surface area contributed by atoms with Gasteiger partial charge >= 0.3 is 0 Å². The van der Waals surface area contributed by atoms with E-state index in [1.807, 2.05) is 30.3 Å². The van der Waals surface area contributed by atoms with E-state index in [9.17, 15) is 0 Å². The number of aromatic nitrogens is 4. The maximum Gasteiger partial charge on any atom is 0.169 e. The number of nitrogens with one attached hydrogen (secondary N) is 2. The molecule has 4 aromatic rings. The molecule has 0 aliphatic rings. The minimum Gasteiger partial charge on any atom is -0.356 e. The molecule has 6 nitrogen and oxygen atoms in total. The van der Waals surface area contributed by atoms with Gasteiger partial charge in [0, 0.05) is 23.3 Å². The van der Waals surface area contributed by atoms with Crippen molar-refractivity contribution in [2.24, 2.45) is 0 Å². The van der Waals surface area contributed by atoms with Gasteiger partial charge in [-0.25, -0.2) is 4.98 Å². The van der Waals surface area contributed by atoms with Crippen LogP contribution in [0.25, 0.3) is 22.0 Å². The van der Waals surface area contributed by atoms with Crippen LogP contribution in [0.5, 0.6) is 0 Å². The molecule has 1 aromatic carbocycles. The third-order valence-corrected chi connectivity index (χ3v) is 3.65. The first-order chi connectivity index (χ1) is 10.7. The molecule has 2 N–H and O–H groups in total. The Kier molecular flexibility index (Phi) is 2.82. The number of aromatic amines is 1. The second kappa shape index (κ2) is 4.84. The highest BCUT2D eigenvalue weighted by Gasteiger charge is 2.12. The Balaban J connectivity index is 1.72. The van der Waals surface area contributed by atoms with Gasteiger partial charge in [0.25, 0.3) is 0 Å². The maximum absolute atomic E-state index is 5.43. The average Bonchev–Trinajstić information content (AvgIpc) is 3.11. The Morgan fingerprint density at radius 1 is 1.18 bits per heavy atom. The van der Waals surface area contributed by atoms with Crippen molar-refractivity contribution >= 4 is 33.5 Å². The predicted molar refractivity (Wildman–Crippen MR) is 85.3 cm³/mol. The van der Waals surface area contributed by atoms with Crippen molar-refractivity contribution in [3.63, 3.8) is 0 Å². The van der Waals surface area contributed by atoms with E-state index in [1.54, 1.807) is 6.20 Å². The average molecular weight is 293 g/mol. The quantitative estimate of drug-likeness (QED) is 0.597. The van der Waals surface area contributed by atoms with E-state index in [1.165, 1.54) is 0 Å². The molecule has 0 atom stereocenters. The van der Waals surface area contributed by atoms with Crippen molar-refractivity contribution in [3.05, 3.63) is 42.2 Å². The number of nitrogens with zero attached hydrogens (tertiary/aromatic N) is 3. The molecule has 0 saturated heterocycles. The second-order valence-corrected chi connectivity index (χ2v) is 5.53. The third-order valence-electron chi connectivity index (χ3n) is 3.65. The van der Waals surface area contributed by atoms with Crippen LogP contribution in [-0.2, 0) is 0 Å². The first-order valence-corrected chi connectivity index (χ1v) is 7.18. The van der Waals surface area contributed by atoms with Gasteiger partial charge in [-0.05, 0) is 30.2 Å². The molecule has 110 valence electrons. The van der Waals surface area contributed by atoms with E-state index in [-0.39, 0.29) is 0 Å². The van der Waals surface area contributed by atoms with Gasteiger partial charge in [-0.1, -0.05) is 19.0 Å². The van der Waals surface area contributed by atoms with E-state index in [4.69, 9.17) is 4.52 Å². The molecule has 0 bridgehead atoms. The second-order valence-electron chi connectivity index (χ2n) is 5.53. The van der Waals surface area contributed by atoms with Gasteiger partial charge in [0.05, 0.1) is 11.1 Å². The van der Waals surface area contributed by atoms with E-state index >= 15 is 0 Å². The molecule has 0 unspecified atom stereocenters. The molecule has 6 heteroatoms. The highest BCUT2D eigenvalue weighted by atomic mass is 16.5. The number of fused-ring (bicyclic) bond motifs is 2. The summed E-state index contributed by atoms with van der Waals surface area (Å²) < 4.78 is 5.43. The highest BCUT2D eigenvalue weighted by Crippen LogP contribution is 2.29. The van der Waals surface area contributed by atoms with Crippen molar-refractivity contribution in [3.8, 4) is 0 Å². The zero-order valence-electron chi connectivity index (χ0n) is 12.3. The molecule has 0 spiro atoms. The summed E-state index contributed by atoms with van der Waals surface area (Å²) >= 11 is 0. The van der Waals surface area contributed by atoms with Crippen molar-refractivity contribution < 1.29 is 4.52 Å². The molecule has 0 radical (unpaired) electrons. The van der Waals surface area contributed by atoms with Crippen molar-refractivity contribution in [1.82, 2.24) is 20.3 Å². The van der Waals surface area contributed by atoms with Gasteiger partial charge < -0.3 is 9.84 Å². The minimum atomic E-state index is 0.335. The zero-order valence-corrected chi connectivity index (χ0v) is 12.3. The van der Waals surface area contributed by atoms with E-state index in [2.05, 4.69) is 39.5 Å². The fraction of sp³-hybridized carbons (Fsp3) is 0.188. The number of H-pyrrole nitrogens is 1. The van der Waals surface area contributed by atoms with Crippen LogP contribution >= 0.6 is 0 Å². The highest BCUT2D eigenvalue weighted by molar-refractivity contribution is 5.90. The Morgan fingerprint density at radius 2 is 2.09 bits per heavy atom. The summed E-state index contributed by atoms with van der Waals surface area (Å²) in [7, 11) is 0. The molecule has 4 rings (SSSR count). The Morgan fingerprint density at radius 3 is 2.95 bits per heavy atom. The molecule has 22 heavy (non-hydrogen) atoms. The lowest BCUT2D eigenvalue weighted by atomic mass is 10.1. The van der Waals surface area contributed by atoms with Gasteiger partial charge in [-0.2, -0.15) is 5.10 Å². The summed E-state index contributed by atoms with van der Waals surface area (Å²) in [6, 6.07) is 9.82. The zero-order chi connectivity index (χ0) is 15.1. The fourth-order valence-corrected chi connectivity index (χ4v) is 2.54. The minimum absolute atomic E-state index is 0.335. The summed E-state index contributed by atoms with van der Waals surface area (Å²) in [5.74, 6) is 1.08. The van der Waals surface area contributed by atoms with Crippen LogP contribution in [0.1, 0.15) is 25.5 Å². The third kappa shape index (κ3) is 2.00. The summed E-state index contributed by atoms with van der Waals surface area (Å²) in [5, 5.41) is 16.6. The van der Waals surface area contributed by atoms with Crippen molar-refractivity contribution in [2.45, 2.75) is 19.8 Å². The van der Waals surface area contributed by atoms with Crippen LogP contribution in [-0.4, -0.2) is 20.3 Å². The van der Waals surface area contributed by atoms with E-state index < -0.39 is 0 Å². The SMILES string of the molecule is CC(C)c1noc2cc(Nc3n[nH]c4ncccc34)ccc12. The number of benzene rings is 1. The number of hydrogen-bond acceptors (Lipinski definition) is 5.